The monoisotopic (exact) mass is 346 g/mol. The van der Waals surface area contributed by atoms with Crippen molar-refractivity contribution in [2.24, 2.45) is 5.92 Å². The van der Waals surface area contributed by atoms with E-state index < -0.39 is 0 Å². The van der Waals surface area contributed by atoms with Gasteiger partial charge in [-0.1, -0.05) is 22.9 Å². The largest absolute Gasteiger partial charge is 0.297 e. The number of nitrogens with zero attached hydrogens (tertiary/aromatic N) is 2. The van der Waals surface area contributed by atoms with Crippen LogP contribution in [-0.2, 0) is 6.54 Å². The van der Waals surface area contributed by atoms with Crippen molar-refractivity contribution in [3.63, 3.8) is 0 Å². The van der Waals surface area contributed by atoms with E-state index in [4.69, 9.17) is 0 Å². The maximum absolute atomic E-state index is 4.42. The van der Waals surface area contributed by atoms with Gasteiger partial charge in [-0.2, -0.15) is 0 Å². The first-order chi connectivity index (χ1) is 7.65. The lowest BCUT2D eigenvalue weighted by Crippen LogP contribution is -2.39. The molecule has 0 amide bonds. The Morgan fingerprint density at radius 2 is 2.31 bits per heavy atom. The Bertz CT molecular complexity index is 339. The molecular weight excluding hydrogens is 332 g/mol. The SMILES string of the molecule is CC1CN(Cc2ccc(Br)cn2)CCC1Br. The van der Waals surface area contributed by atoms with Crippen LogP contribution in [0.3, 0.4) is 0 Å². The highest BCUT2D eigenvalue weighted by Crippen LogP contribution is 2.24. The number of alkyl halides is 1. The van der Waals surface area contributed by atoms with E-state index in [1.807, 2.05) is 6.20 Å². The summed E-state index contributed by atoms with van der Waals surface area (Å²) in [5.74, 6) is 0.726. The second-order valence-corrected chi connectivity index (χ2v) is 6.58. The molecule has 2 heterocycles. The molecule has 0 aromatic carbocycles. The zero-order valence-corrected chi connectivity index (χ0v) is 12.5. The van der Waals surface area contributed by atoms with Crippen molar-refractivity contribution in [1.82, 2.24) is 9.88 Å². The molecule has 0 bridgehead atoms. The molecule has 1 aromatic rings. The highest BCUT2D eigenvalue weighted by molar-refractivity contribution is 9.10. The minimum atomic E-state index is 0.682. The maximum Gasteiger partial charge on any atom is 0.0544 e. The molecule has 1 fully saturated rings. The van der Waals surface area contributed by atoms with Crippen LogP contribution in [-0.4, -0.2) is 27.8 Å². The number of aromatic nitrogens is 1. The normalized spacial score (nSPS) is 26.9. The molecule has 1 saturated heterocycles. The van der Waals surface area contributed by atoms with E-state index in [2.05, 4.69) is 60.8 Å². The first-order valence-corrected chi connectivity index (χ1v) is 7.33. The van der Waals surface area contributed by atoms with Gasteiger partial charge < -0.3 is 0 Å². The van der Waals surface area contributed by atoms with Crippen LogP contribution in [0, 0.1) is 5.92 Å². The van der Waals surface area contributed by atoms with Gasteiger partial charge in [0.25, 0.3) is 0 Å². The van der Waals surface area contributed by atoms with Crippen LogP contribution in [0.5, 0.6) is 0 Å². The molecule has 0 saturated carbocycles. The van der Waals surface area contributed by atoms with Gasteiger partial charge in [0.1, 0.15) is 0 Å². The third kappa shape index (κ3) is 3.28. The number of halogens is 2. The highest BCUT2D eigenvalue weighted by atomic mass is 79.9. The predicted octanol–water partition coefficient (Wildman–Crippen LogP) is 3.45. The van der Waals surface area contributed by atoms with E-state index >= 15 is 0 Å². The van der Waals surface area contributed by atoms with Gasteiger partial charge in [0.05, 0.1) is 5.69 Å². The van der Waals surface area contributed by atoms with Gasteiger partial charge in [0.15, 0.2) is 0 Å². The van der Waals surface area contributed by atoms with Crippen LogP contribution in [0.1, 0.15) is 19.0 Å². The summed E-state index contributed by atoms with van der Waals surface area (Å²) in [7, 11) is 0. The van der Waals surface area contributed by atoms with E-state index in [9.17, 15) is 0 Å². The molecule has 1 aliphatic rings. The topological polar surface area (TPSA) is 16.1 Å². The molecule has 0 spiro atoms. The molecule has 1 aromatic heterocycles. The van der Waals surface area contributed by atoms with Gasteiger partial charge in [-0.05, 0) is 46.9 Å². The zero-order chi connectivity index (χ0) is 11.5. The molecule has 16 heavy (non-hydrogen) atoms. The number of pyridine rings is 1. The molecule has 2 nitrogen and oxygen atoms in total. The molecule has 2 atom stereocenters. The minimum Gasteiger partial charge on any atom is -0.297 e. The first-order valence-electron chi connectivity index (χ1n) is 5.62. The third-order valence-electron chi connectivity index (χ3n) is 3.06. The minimum absolute atomic E-state index is 0.682. The average Bonchev–Trinajstić information content (AvgIpc) is 2.27. The molecular formula is C12H16Br2N2. The van der Waals surface area contributed by atoms with E-state index in [1.165, 1.54) is 6.42 Å². The molecule has 1 aliphatic heterocycles. The summed E-state index contributed by atoms with van der Waals surface area (Å²) < 4.78 is 1.05. The van der Waals surface area contributed by atoms with Crippen LogP contribution in [0.15, 0.2) is 22.8 Å². The number of piperidine rings is 1. The van der Waals surface area contributed by atoms with Crippen molar-refractivity contribution < 1.29 is 0 Å². The second kappa shape index (κ2) is 5.61. The van der Waals surface area contributed by atoms with Gasteiger partial charge in [0, 0.05) is 28.6 Å². The molecule has 0 radical (unpaired) electrons. The van der Waals surface area contributed by atoms with Crippen LogP contribution >= 0.6 is 31.9 Å². The van der Waals surface area contributed by atoms with Gasteiger partial charge in [-0.25, -0.2) is 0 Å². The number of hydrogen-bond acceptors (Lipinski definition) is 2. The van der Waals surface area contributed by atoms with Crippen molar-refractivity contribution in [3.05, 3.63) is 28.5 Å². The van der Waals surface area contributed by atoms with Crippen LogP contribution in [0.25, 0.3) is 0 Å². The Morgan fingerprint density at radius 1 is 1.50 bits per heavy atom. The summed E-state index contributed by atoms with van der Waals surface area (Å²) in [6, 6.07) is 4.15. The van der Waals surface area contributed by atoms with Crippen molar-refractivity contribution in [1.29, 1.82) is 0 Å². The molecule has 2 unspecified atom stereocenters. The molecule has 2 rings (SSSR count). The molecule has 88 valence electrons. The first kappa shape index (κ1) is 12.5. The quantitative estimate of drug-likeness (QED) is 0.762. The lowest BCUT2D eigenvalue weighted by atomic mass is 10.00. The molecule has 0 aliphatic carbocycles. The molecule has 0 N–H and O–H groups in total. The van der Waals surface area contributed by atoms with Crippen molar-refractivity contribution in [3.8, 4) is 0 Å². The van der Waals surface area contributed by atoms with Gasteiger partial charge in [-0.15, -0.1) is 0 Å². The second-order valence-electron chi connectivity index (χ2n) is 4.48. The van der Waals surface area contributed by atoms with Gasteiger partial charge >= 0.3 is 0 Å². The lowest BCUT2D eigenvalue weighted by molar-refractivity contribution is 0.182. The Balaban J connectivity index is 1.93. The fourth-order valence-electron chi connectivity index (χ4n) is 2.08. The zero-order valence-electron chi connectivity index (χ0n) is 9.37. The summed E-state index contributed by atoms with van der Waals surface area (Å²) >= 11 is 7.13. The van der Waals surface area contributed by atoms with E-state index in [0.29, 0.717) is 4.83 Å². The Labute approximate surface area is 114 Å². The number of hydrogen-bond donors (Lipinski definition) is 0. The maximum atomic E-state index is 4.42. The van der Waals surface area contributed by atoms with Crippen molar-refractivity contribution >= 4 is 31.9 Å². The van der Waals surface area contributed by atoms with Crippen molar-refractivity contribution in [2.75, 3.05) is 13.1 Å². The summed E-state index contributed by atoms with van der Waals surface area (Å²) in [6.45, 7) is 5.60. The number of rotatable bonds is 2. The highest BCUT2D eigenvalue weighted by Gasteiger charge is 2.23. The summed E-state index contributed by atoms with van der Waals surface area (Å²) in [5.41, 5.74) is 1.16. The summed E-state index contributed by atoms with van der Waals surface area (Å²) in [6.07, 6.45) is 3.10. The van der Waals surface area contributed by atoms with E-state index in [1.54, 1.807) is 0 Å². The summed E-state index contributed by atoms with van der Waals surface area (Å²) in [5, 5.41) is 0. The summed E-state index contributed by atoms with van der Waals surface area (Å²) in [4.78, 5) is 7.58. The fraction of sp³-hybridized carbons (Fsp3) is 0.583. The third-order valence-corrected chi connectivity index (χ3v) is 4.89. The molecule has 4 heteroatoms. The standard InChI is InChI=1S/C12H16Br2N2/c1-9-7-16(5-4-12(9)14)8-11-3-2-10(13)6-15-11/h2-3,6,9,12H,4-5,7-8H2,1H3. The van der Waals surface area contributed by atoms with Gasteiger partial charge in [0.2, 0.25) is 0 Å². The Hall–Kier alpha value is 0.0700. The van der Waals surface area contributed by atoms with E-state index in [0.717, 1.165) is 35.7 Å². The van der Waals surface area contributed by atoms with Crippen LogP contribution in [0.2, 0.25) is 0 Å². The lowest BCUT2D eigenvalue weighted by Gasteiger charge is -2.34. The Kier molecular flexibility index (Phi) is 4.39. The Morgan fingerprint density at radius 3 is 2.94 bits per heavy atom. The smallest absolute Gasteiger partial charge is 0.0544 e. The van der Waals surface area contributed by atoms with Gasteiger partial charge in [-0.3, -0.25) is 9.88 Å². The van der Waals surface area contributed by atoms with Crippen molar-refractivity contribution in [2.45, 2.75) is 24.7 Å². The number of likely N-dealkylation sites (tertiary alicyclic amines) is 1. The van der Waals surface area contributed by atoms with E-state index in [-0.39, 0.29) is 0 Å². The van der Waals surface area contributed by atoms with Crippen LogP contribution in [0.4, 0.5) is 0 Å². The fourth-order valence-corrected chi connectivity index (χ4v) is 2.68. The van der Waals surface area contributed by atoms with Crippen LogP contribution < -0.4 is 0 Å². The average molecular weight is 348 g/mol. The predicted molar refractivity (Wildman–Crippen MR) is 73.7 cm³/mol.